The average molecular weight is 303 g/mol. The van der Waals surface area contributed by atoms with E-state index < -0.39 is 4.92 Å². The average Bonchev–Trinajstić information content (AvgIpc) is 2.48. The number of pyridine rings is 1. The first-order valence-corrected chi connectivity index (χ1v) is 6.51. The van der Waals surface area contributed by atoms with Gasteiger partial charge >= 0.3 is 5.69 Å². The maximum absolute atomic E-state index is 11.2. The molecular formula is C14H11ClN4O2. The molecule has 0 aliphatic heterocycles. The van der Waals surface area contributed by atoms with Gasteiger partial charge in [-0.15, -0.1) is 0 Å². The number of benzene rings is 1. The molecule has 1 aromatic heterocycles. The number of nitriles is 1. The number of rotatable bonds is 5. The molecule has 1 aromatic carbocycles. The number of para-hydroxylation sites is 1. The highest BCUT2D eigenvalue weighted by Gasteiger charge is 2.22. The Hall–Kier alpha value is -2.65. The molecule has 0 radical (unpaired) electrons. The standard InChI is InChI=1S/C14H11ClN4O2/c15-13-8-7-12(19(20)21)14(17-13)18(10-4-9-16)11-5-2-1-3-6-11/h1-3,5-8H,4,10H2. The van der Waals surface area contributed by atoms with Crippen LogP contribution in [0.3, 0.4) is 0 Å². The zero-order valence-electron chi connectivity index (χ0n) is 10.9. The molecule has 0 unspecified atom stereocenters. The molecule has 0 amide bonds. The summed E-state index contributed by atoms with van der Waals surface area (Å²) in [5, 5.41) is 20.1. The second-order valence-corrected chi connectivity index (χ2v) is 4.52. The van der Waals surface area contributed by atoms with Crippen LogP contribution in [0.5, 0.6) is 0 Å². The summed E-state index contributed by atoms with van der Waals surface area (Å²) in [7, 11) is 0. The molecule has 21 heavy (non-hydrogen) atoms. The van der Waals surface area contributed by atoms with Crippen LogP contribution < -0.4 is 4.90 Å². The maximum Gasteiger partial charge on any atom is 0.312 e. The van der Waals surface area contributed by atoms with Crippen LogP contribution in [0.15, 0.2) is 42.5 Å². The summed E-state index contributed by atoms with van der Waals surface area (Å²) in [6.45, 7) is 0.286. The fourth-order valence-corrected chi connectivity index (χ4v) is 2.03. The first-order valence-electron chi connectivity index (χ1n) is 6.14. The SMILES string of the molecule is N#CCCN(c1ccccc1)c1nc(Cl)ccc1[N+](=O)[O-]. The number of nitrogens with zero attached hydrogens (tertiary/aromatic N) is 4. The largest absolute Gasteiger partial charge is 0.320 e. The summed E-state index contributed by atoms with van der Waals surface area (Å²) >= 11 is 5.86. The molecule has 6 nitrogen and oxygen atoms in total. The van der Waals surface area contributed by atoms with E-state index in [2.05, 4.69) is 4.98 Å². The second-order valence-electron chi connectivity index (χ2n) is 4.13. The van der Waals surface area contributed by atoms with Gasteiger partial charge in [0.2, 0.25) is 5.82 Å². The Morgan fingerprint density at radius 1 is 1.29 bits per heavy atom. The molecule has 0 aliphatic rings. The molecule has 0 bridgehead atoms. The molecule has 2 rings (SSSR count). The summed E-state index contributed by atoms with van der Waals surface area (Å²) in [4.78, 5) is 16.3. The highest BCUT2D eigenvalue weighted by Crippen LogP contribution is 2.32. The highest BCUT2D eigenvalue weighted by molar-refractivity contribution is 6.29. The van der Waals surface area contributed by atoms with Crippen LogP contribution in [-0.4, -0.2) is 16.5 Å². The van der Waals surface area contributed by atoms with Gasteiger partial charge in [-0.2, -0.15) is 5.26 Å². The predicted octanol–water partition coefficient (Wildman–Crippen LogP) is 3.69. The van der Waals surface area contributed by atoms with Crippen LogP contribution in [0.4, 0.5) is 17.2 Å². The van der Waals surface area contributed by atoms with E-state index in [1.54, 1.807) is 17.0 Å². The highest BCUT2D eigenvalue weighted by atomic mass is 35.5. The molecule has 0 saturated heterocycles. The van der Waals surface area contributed by atoms with Crippen LogP contribution in [-0.2, 0) is 0 Å². The Kier molecular flexibility index (Phi) is 4.69. The van der Waals surface area contributed by atoms with Crippen LogP contribution in [0, 0.1) is 21.4 Å². The van der Waals surface area contributed by atoms with E-state index in [0.717, 1.165) is 0 Å². The predicted molar refractivity (Wildman–Crippen MR) is 79.6 cm³/mol. The third-order valence-electron chi connectivity index (χ3n) is 2.79. The van der Waals surface area contributed by atoms with Gasteiger partial charge in [-0.25, -0.2) is 4.98 Å². The minimum Gasteiger partial charge on any atom is -0.320 e. The Labute approximate surface area is 126 Å². The minimum atomic E-state index is -0.513. The van der Waals surface area contributed by atoms with Crippen LogP contribution >= 0.6 is 11.6 Å². The quantitative estimate of drug-likeness (QED) is 0.478. The molecule has 0 N–H and O–H groups in total. The fraction of sp³-hybridized carbons (Fsp3) is 0.143. The number of nitro groups is 1. The van der Waals surface area contributed by atoms with Gasteiger partial charge in [-0.1, -0.05) is 29.8 Å². The van der Waals surface area contributed by atoms with Gasteiger partial charge in [-0.05, 0) is 18.2 Å². The van der Waals surface area contributed by atoms with Gasteiger partial charge in [-0.3, -0.25) is 10.1 Å². The minimum absolute atomic E-state index is 0.133. The zero-order chi connectivity index (χ0) is 15.2. The van der Waals surface area contributed by atoms with Crippen LogP contribution in [0.1, 0.15) is 6.42 Å². The van der Waals surface area contributed by atoms with Gasteiger partial charge in [0.1, 0.15) is 5.15 Å². The van der Waals surface area contributed by atoms with Gasteiger partial charge in [0.25, 0.3) is 0 Å². The molecule has 7 heteroatoms. The Balaban J connectivity index is 2.53. The third kappa shape index (κ3) is 3.46. The van der Waals surface area contributed by atoms with Gasteiger partial charge in [0.05, 0.1) is 17.4 Å². The van der Waals surface area contributed by atoms with Gasteiger partial charge in [0, 0.05) is 18.3 Å². The molecule has 0 spiro atoms. The van der Waals surface area contributed by atoms with Crippen molar-refractivity contribution >= 4 is 28.8 Å². The molecule has 106 valence electrons. The third-order valence-corrected chi connectivity index (χ3v) is 3.00. The number of anilines is 2. The van der Waals surface area contributed by atoms with Crippen molar-refractivity contribution in [1.29, 1.82) is 5.26 Å². The Bertz CT molecular complexity index is 685. The summed E-state index contributed by atoms with van der Waals surface area (Å²) in [5.74, 6) is 0.133. The number of hydrogen-bond acceptors (Lipinski definition) is 5. The molecule has 0 aliphatic carbocycles. The molecule has 0 fully saturated rings. The molecule has 1 heterocycles. The van der Waals surface area contributed by atoms with E-state index >= 15 is 0 Å². The van der Waals surface area contributed by atoms with Crippen LogP contribution in [0.25, 0.3) is 0 Å². The van der Waals surface area contributed by atoms with E-state index in [0.29, 0.717) is 5.69 Å². The van der Waals surface area contributed by atoms with Crippen molar-refractivity contribution in [2.24, 2.45) is 0 Å². The molecule has 2 aromatic rings. The van der Waals surface area contributed by atoms with E-state index in [1.165, 1.54) is 12.1 Å². The summed E-state index contributed by atoms with van der Waals surface area (Å²) < 4.78 is 0. The maximum atomic E-state index is 11.2. The van der Waals surface area contributed by atoms with Gasteiger partial charge in [0.15, 0.2) is 0 Å². The van der Waals surface area contributed by atoms with Crippen molar-refractivity contribution in [3.8, 4) is 6.07 Å². The summed E-state index contributed by atoms with van der Waals surface area (Å²) in [5.41, 5.74) is 0.562. The van der Waals surface area contributed by atoms with E-state index in [4.69, 9.17) is 16.9 Å². The van der Waals surface area contributed by atoms with E-state index in [9.17, 15) is 10.1 Å². The van der Waals surface area contributed by atoms with Crippen molar-refractivity contribution < 1.29 is 4.92 Å². The van der Waals surface area contributed by atoms with Crippen molar-refractivity contribution in [3.05, 3.63) is 57.7 Å². The lowest BCUT2D eigenvalue weighted by Gasteiger charge is -2.22. The second kappa shape index (κ2) is 6.68. The number of halogens is 1. The lowest BCUT2D eigenvalue weighted by Crippen LogP contribution is -2.20. The van der Waals surface area contributed by atoms with Gasteiger partial charge < -0.3 is 4.90 Å². The smallest absolute Gasteiger partial charge is 0.312 e. The van der Waals surface area contributed by atoms with Crippen molar-refractivity contribution in [2.75, 3.05) is 11.4 Å². The lowest BCUT2D eigenvalue weighted by atomic mass is 10.2. The molecule has 0 atom stereocenters. The lowest BCUT2D eigenvalue weighted by molar-refractivity contribution is -0.384. The topological polar surface area (TPSA) is 83.1 Å². The summed E-state index contributed by atoms with van der Waals surface area (Å²) in [6.07, 6.45) is 0.209. The zero-order valence-corrected chi connectivity index (χ0v) is 11.7. The van der Waals surface area contributed by atoms with Crippen molar-refractivity contribution in [2.45, 2.75) is 6.42 Å². The molecule has 0 saturated carbocycles. The Morgan fingerprint density at radius 3 is 2.62 bits per heavy atom. The first-order chi connectivity index (χ1) is 10.1. The monoisotopic (exact) mass is 302 g/mol. The Morgan fingerprint density at radius 2 is 2.00 bits per heavy atom. The van der Waals surface area contributed by atoms with Crippen molar-refractivity contribution in [3.63, 3.8) is 0 Å². The first kappa shape index (κ1) is 14.8. The molecular weight excluding hydrogens is 292 g/mol. The van der Waals surface area contributed by atoms with E-state index in [1.807, 2.05) is 24.3 Å². The number of hydrogen-bond donors (Lipinski definition) is 0. The fourth-order valence-electron chi connectivity index (χ4n) is 1.89. The van der Waals surface area contributed by atoms with Crippen LogP contribution in [0.2, 0.25) is 5.15 Å². The normalized spacial score (nSPS) is 9.90. The summed E-state index contributed by atoms with van der Waals surface area (Å²) in [6, 6.07) is 13.8. The number of aromatic nitrogens is 1. The van der Waals surface area contributed by atoms with E-state index in [-0.39, 0.29) is 29.6 Å². The van der Waals surface area contributed by atoms with Crippen molar-refractivity contribution in [1.82, 2.24) is 4.98 Å².